The quantitative estimate of drug-likeness (QED) is 0.816. The van der Waals surface area contributed by atoms with Gasteiger partial charge in [0, 0.05) is 17.2 Å². The molecule has 24 heavy (non-hydrogen) atoms. The molecule has 1 aliphatic rings. The number of nitrogens with zero attached hydrogens (tertiary/aromatic N) is 3. The van der Waals surface area contributed by atoms with Gasteiger partial charge in [0.1, 0.15) is 23.5 Å². The van der Waals surface area contributed by atoms with E-state index in [0.717, 1.165) is 4.68 Å². The van der Waals surface area contributed by atoms with E-state index in [1.807, 2.05) is 6.07 Å². The van der Waals surface area contributed by atoms with Crippen LogP contribution in [0.5, 0.6) is 11.6 Å². The molecule has 2 N–H and O–H groups in total. The van der Waals surface area contributed by atoms with Crippen LogP contribution in [0.2, 0.25) is 0 Å². The second kappa shape index (κ2) is 5.35. The number of hydrogen-bond donors (Lipinski definition) is 2. The van der Waals surface area contributed by atoms with Gasteiger partial charge in [0.05, 0.1) is 11.6 Å². The molecule has 2 heterocycles. The van der Waals surface area contributed by atoms with Gasteiger partial charge in [-0.05, 0) is 39.0 Å². The number of hydrogen-bond acceptors (Lipinski definition) is 6. The van der Waals surface area contributed by atoms with Crippen LogP contribution in [-0.4, -0.2) is 31.7 Å². The van der Waals surface area contributed by atoms with Crippen molar-refractivity contribution < 1.29 is 14.9 Å². The molecule has 0 fully saturated rings. The number of aryl methyl sites for hydroxylation is 1. The summed E-state index contributed by atoms with van der Waals surface area (Å²) in [7, 11) is 0. The molecule has 0 radical (unpaired) electrons. The van der Waals surface area contributed by atoms with E-state index in [0.29, 0.717) is 22.4 Å². The molecule has 7 heteroatoms. The molecule has 124 valence electrons. The summed E-state index contributed by atoms with van der Waals surface area (Å²) in [6, 6.07) is 7.21. The minimum absolute atomic E-state index is 0.303. The second-order valence-corrected chi connectivity index (χ2v) is 6.39. The number of rotatable bonds is 1. The summed E-state index contributed by atoms with van der Waals surface area (Å²) in [6.45, 7) is 4.96. The normalized spacial score (nSPS) is 21.5. The third-order valence-electron chi connectivity index (χ3n) is 4.21. The number of aliphatic hydroxyl groups excluding tert-OH is 1. The molecular weight excluding hydrogens is 310 g/mol. The third kappa shape index (κ3) is 2.41. The Hall–Kier alpha value is -2.85. The van der Waals surface area contributed by atoms with E-state index in [1.54, 1.807) is 39.0 Å². The summed E-state index contributed by atoms with van der Waals surface area (Å²) >= 11 is 0. The van der Waals surface area contributed by atoms with Gasteiger partial charge in [-0.15, -0.1) is 5.10 Å². The zero-order valence-corrected chi connectivity index (χ0v) is 13.5. The van der Waals surface area contributed by atoms with Crippen LogP contribution in [0.15, 0.2) is 29.1 Å². The van der Waals surface area contributed by atoms with Crippen molar-refractivity contribution in [3.63, 3.8) is 0 Å². The molecule has 7 nitrogen and oxygen atoms in total. The lowest BCUT2D eigenvalue weighted by Crippen LogP contribution is -2.52. The molecule has 1 aromatic carbocycles. The molecule has 2 aromatic rings. The molecule has 0 bridgehead atoms. The molecule has 2 unspecified atom stereocenters. The highest BCUT2D eigenvalue weighted by Gasteiger charge is 2.45. The first-order valence-corrected chi connectivity index (χ1v) is 7.45. The number of aliphatic hydroxyl groups is 1. The van der Waals surface area contributed by atoms with Gasteiger partial charge in [0.2, 0.25) is 5.88 Å². The zero-order chi connectivity index (χ0) is 17.6. The molecule has 1 aliphatic heterocycles. The number of aromatic hydroxyl groups is 1. The number of aromatic nitrogens is 2. The smallest absolute Gasteiger partial charge is 0.270 e. The van der Waals surface area contributed by atoms with Crippen LogP contribution in [0.4, 0.5) is 0 Å². The predicted molar refractivity (Wildman–Crippen MR) is 84.9 cm³/mol. The number of nitriles is 1. The van der Waals surface area contributed by atoms with Gasteiger partial charge < -0.3 is 14.9 Å². The van der Waals surface area contributed by atoms with E-state index in [-0.39, 0.29) is 5.88 Å². The molecule has 0 saturated heterocycles. The average molecular weight is 327 g/mol. The Morgan fingerprint density at radius 2 is 2.08 bits per heavy atom. The van der Waals surface area contributed by atoms with Gasteiger partial charge >= 0.3 is 0 Å². The summed E-state index contributed by atoms with van der Waals surface area (Å²) in [4.78, 5) is 12.5. The fourth-order valence-electron chi connectivity index (χ4n) is 2.91. The number of ether oxygens (including phenoxy) is 1. The van der Waals surface area contributed by atoms with Crippen molar-refractivity contribution in [2.24, 2.45) is 0 Å². The Bertz CT molecular complexity index is 911. The average Bonchev–Trinajstić information content (AvgIpc) is 2.52. The van der Waals surface area contributed by atoms with Gasteiger partial charge in [0.25, 0.3) is 5.56 Å². The van der Waals surface area contributed by atoms with Crippen LogP contribution in [0.3, 0.4) is 0 Å². The standard InChI is InChI=1S/C17H17N3O4/c1-9-6-13(21)19-20(16(9)23)14-11-7-10(8-18)4-5-12(11)24-17(2,3)15(14)22/h4-7,14-15,22H,1-3H3,(H,19,21). The Kier molecular flexibility index (Phi) is 3.57. The van der Waals surface area contributed by atoms with Gasteiger partial charge in [-0.1, -0.05) is 0 Å². The van der Waals surface area contributed by atoms with Crippen LogP contribution >= 0.6 is 0 Å². The summed E-state index contributed by atoms with van der Waals surface area (Å²) < 4.78 is 6.87. The van der Waals surface area contributed by atoms with E-state index < -0.39 is 23.3 Å². The van der Waals surface area contributed by atoms with Gasteiger partial charge in [-0.3, -0.25) is 4.79 Å². The van der Waals surface area contributed by atoms with Crippen molar-refractivity contribution in [3.05, 3.63) is 51.3 Å². The fourth-order valence-corrected chi connectivity index (χ4v) is 2.91. The van der Waals surface area contributed by atoms with Crippen LogP contribution in [0, 0.1) is 18.3 Å². The highest BCUT2D eigenvalue weighted by molar-refractivity contribution is 5.46. The van der Waals surface area contributed by atoms with Crippen LogP contribution in [0.25, 0.3) is 0 Å². The first-order valence-electron chi connectivity index (χ1n) is 7.45. The molecule has 2 atom stereocenters. The number of benzene rings is 1. The van der Waals surface area contributed by atoms with Crippen LogP contribution in [0.1, 0.15) is 36.6 Å². The predicted octanol–water partition coefficient (Wildman–Crippen LogP) is 1.25. The van der Waals surface area contributed by atoms with Crippen molar-refractivity contribution in [2.45, 2.75) is 38.5 Å². The van der Waals surface area contributed by atoms with E-state index in [2.05, 4.69) is 5.10 Å². The molecule has 3 rings (SSSR count). The molecular formula is C17H17N3O4. The highest BCUT2D eigenvalue weighted by Crippen LogP contribution is 2.41. The van der Waals surface area contributed by atoms with E-state index in [1.165, 1.54) is 6.07 Å². The Balaban J connectivity index is 2.31. The lowest BCUT2D eigenvalue weighted by atomic mass is 9.86. The summed E-state index contributed by atoms with van der Waals surface area (Å²) in [5.41, 5.74) is -0.258. The first kappa shape index (κ1) is 16.0. The zero-order valence-electron chi connectivity index (χ0n) is 13.5. The second-order valence-electron chi connectivity index (χ2n) is 6.39. The van der Waals surface area contributed by atoms with Gasteiger partial charge in [0.15, 0.2) is 0 Å². The molecule has 0 aliphatic carbocycles. The lowest BCUT2D eigenvalue weighted by molar-refractivity contribution is -0.0669. The molecule has 0 spiro atoms. The third-order valence-corrected chi connectivity index (χ3v) is 4.21. The van der Waals surface area contributed by atoms with Gasteiger partial charge in [-0.25, -0.2) is 4.68 Å². The summed E-state index contributed by atoms with van der Waals surface area (Å²) in [5.74, 6) is 0.144. The van der Waals surface area contributed by atoms with Crippen molar-refractivity contribution in [1.82, 2.24) is 9.78 Å². The highest BCUT2D eigenvalue weighted by atomic mass is 16.5. The SMILES string of the molecule is Cc1cc(O)nn(C2c3cc(C#N)ccc3OC(C)(C)C2O)c1=O. The van der Waals surface area contributed by atoms with Crippen LogP contribution in [-0.2, 0) is 0 Å². The summed E-state index contributed by atoms with van der Waals surface area (Å²) in [6.07, 6.45) is -1.11. The largest absolute Gasteiger partial charge is 0.492 e. The Morgan fingerprint density at radius 1 is 1.38 bits per heavy atom. The topological polar surface area (TPSA) is 108 Å². The monoisotopic (exact) mass is 327 g/mol. The van der Waals surface area contributed by atoms with E-state index in [9.17, 15) is 15.0 Å². The summed E-state index contributed by atoms with van der Waals surface area (Å²) in [5, 5.41) is 33.6. The maximum Gasteiger partial charge on any atom is 0.270 e. The maximum atomic E-state index is 12.5. The van der Waals surface area contributed by atoms with Crippen molar-refractivity contribution in [3.8, 4) is 17.7 Å². The van der Waals surface area contributed by atoms with E-state index in [4.69, 9.17) is 10.00 Å². The molecule has 0 amide bonds. The van der Waals surface area contributed by atoms with Crippen molar-refractivity contribution in [1.29, 1.82) is 5.26 Å². The minimum Gasteiger partial charge on any atom is -0.492 e. The molecule has 1 aromatic heterocycles. The first-order chi connectivity index (χ1) is 11.2. The van der Waals surface area contributed by atoms with Gasteiger partial charge in [-0.2, -0.15) is 5.26 Å². The Labute approximate surface area is 138 Å². The van der Waals surface area contributed by atoms with E-state index >= 15 is 0 Å². The Morgan fingerprint density at radius 3 is 2.75 bits per heavy atom. The molecule has 0 saturated carbocycles. The number of fused-ring (bicyclic) bond motifs is 1. The maximum absolute atomic E-state index is 12.5. The van der Waals surface area contributed by atoms with Crippen molar-refractivity contribution in [2.75, 3.05) is 0 Å². The van der Waals surface area contributed by atoms with Crippen molar-refractivity contribution >= 4 is 0 Å². The van der Waals surface area contributed by atoms with Crippen LogP contribution < -0.4 is 10.3 Å². The minimum atomic E-state index is -1.11. The fraction of sp³-hybridized carbons (Fsp3) is 0.353. The lowest BCUT2D eigenvalue weighted by Gasteiger charge is -2.42.